The molecule has 0 radical (unpaired) electrons. The Kier molecular flexibility index (Phi) is 5.28. The van der Waals surface area contributed by atoms with Crippen LogP contribution in [0.2, 0.25) is 0 Å². The average Bonchev–Trinajstić information content (AvgIpc) is 3.21. The van der Waals surface area contributed by atoms with Crippen LogP contribution in [0.3, 0.4) is 0 Å². The molecule has 1 aromatic rings. The average molecular weight is 373 g/mol. The first-order valence-electron chi connectivity index (χ1n) is 10.3. The second-order valence-corrected chi connectivity index (χ2v) is 9.11. The largest absolute Gasteiger partial charge is 0.381 e. The molecule has 5 nitrogen and oxygen atoms in total. The maximum Gasteiger partial charge on any atom is 0.228 e. The van der Waals surface area contributed by atoms with E-state index in [0.717, 1.165) is 45.7 Å². The minimum Gasteiger partial charge on any atom is -0.381 e. The fourth-order valence-electron chi connectivity index (χ4n) is 4.42. The van der Waals surface area contributed by atoms with Crippen molar-refractivity contribution in [3.8, 4) is 0 Å². The maximum atomic E-state index is 12.9. The molecule has 0 aliphatic carbocycles. The lowest BCUT2D eigenvalue weighted by Gasteiger charge is -2.36. The predicted molar refractivity (Wildman–Crippen MR) is 105 cm³/mol. The van der Waals surface area contributed by atoms with Crippen molar-refractivity contribution in [2.24, 2.45) is 5.92 Å². The second kappa shape index (κ2) is 7.53. The van der Waals surface area contributed by atoms with Crippen LogP contribution in [0.5, 0.6) is 0 Å². The molecule has 0 bridgehead atoms. The monoisotopic (exact) mass is 372 g/mol. The first-order valence-corrected chi connectivity index (χ1v) is 10.3. The van der Waals surface area contributed by atoms with E-state index in [-0.39, 0.29) is 23.3 Å². The number of rotatable bonds is 2. The van der Waals surface area contributed by atoms with Gasteiger partial charge in [0, 0.05) is 26.2 Å². The zero-order valence-corrected chi connectivity index (χ0v) is 16.8. The quantitative estimate of drug-likeness (QED) is 0.867. The highest BCUT2D eigenvalue weighted by molar-refractivity contribution is 5.79. The van der Waals surface area contributed by atoms with Crippen molar-refractivity contribution in [3.63, 3.8) is 0 Å². The second-order valence-electron chi connectivity index (χ2n) is 9.11. The Morgan fingerprint density at radius 1 is 1.19 bits per heavy atom. The minimum atomic E-state index is 0.0465. The molecule has 3 aliphatic rings. The normalized spacial score (nSPS) is 26.1. The molecule has 4 rings (SSSR count). The summed E-state index contributed by atoms with van der Waals surface area (Å²) in [6.07, 6.45) is 1.78. The molecule has 3 aliphatic heterocycles. The highest BCUT2D eigenvalue weighted by atomic mass is 16.5. The number of hydrogen-bond acceptors (Lipinski definition) is 4. The summed E-state index contributed by atoms with van der Waals surface area (Å²) in [5.74, 6) is 0.310. The van der Waals surface area contributed by atoms with Gasteiger partial charge < -0.3 is 19.7 Å². The number of hydrogen-bond donors (Lipinski definition) is 1. The van der Waals surface area contributed by atoms with Gasteiger partial charge in [-0.1, -0.05) is 32.9 Å². The van der Waals surface area contributed by atoms with Gasteiger partial charge in [0.1, 0.15) is 0 Å². The Bertz CT molecular complexity index is 698. The van der Waals surface area contributed by atoms with Gasteiger partial charge in [-0.05, 0) is 40.5 Å². The van der Waals surface area contributed by atoms with Gasteiger partial charge in [-0.25, -0.2) is 0 Å². The Morgan fingerprint density at radius 2 is 2.00 bits per heavy atom. The van der Waals surface area contributed by atoms with E-state index < -0.39 is 0 Å². The number of benzene rings is 1. The molecule has 5 heteroatoms. The summed E-state index contributed by atoms with van der Waals surface area (Å²) in [4.78, 5) is 14.9. The maximum absolute atomic E-state index is 12.9. The summed E-state index contributed by atoms with van der Waals surface area (Å²) in [6, 6.07) is 4.95. The molecule has 27 heavy (non-hydrogen) atoms. The van der Waals surface area contributed by atoms with E-state index >= 15 is 0 Å². The van der Waals surface area contributed by atoms with E-state index in [2.05, 4.69) is 38.2 Å². The SMILES string of the molecule is CC(C)(C)c1cc2c(c([C@@H]3COCCN3)c1)CCN(C(=O)[C@H]1CCOC1)C2. The third-order valence-electron chi connectivity index (χ3n) is 6.12. The van der Waals surface area contributed by atoms with Crippen LogP contribution in [-0.4, -0.2) is 50.3 Å². The molecule has 3 heterocycles. The molecule has 2 saturated heterocycles. The van der Waals surface area contributed by atoms with Gasteiger partial charge in [-0.3, -0.25) is 4.79 Å². The number of nitrogens with zero attached hydrogens (tertiary/aromatic N) is 1. The number of nitrogens with one attached hydrogen (secondary N) is 1. The summed E-state index contributed by atoms with van der Waals surface area (Å²) < 4.78 is 11.2. The van der Waals surface area contributed by atoms with Crippen molar-refractivity contribution in [1.29, 1.82) is 0 Å². The van der Waals surface area contributed by atoms with Crippen LogP contribution < -0.4 is 5.32 Å². The van der Waals surface area contributed by atoms with Crippen LogP contribution in [0, 0.1) is 5.92 Å². The third-order valence-corrected chi connectivity index (χ3v) is 6.12. The van der Waals surface area contributed by atoms with E-state index in [0.29, 0.717) is 13.2 Å². The topological polar surface area (TPSA) is 50.8 Å². The Labute approximate surface area is 162 Å². The fraction of sp³-hybridized carbons (Fsp3) is 0.682. The lowest BCUT2D eigenvalue weighted by molar-refractivity contribution is -0.136. The molecule has 0 unspecified atom stereocenters. The van der Waals surface area contributed by atoms with Gasteiger partial charge in [0.2, 0.25) is 5.91 Å². The minimum absolute atomic E-state index is 0.0465. The van der Waals surface area contributed by atoms with Crippen molar-refractivity contribution in [3.05, 3.63) is 34.4 Å². The Hall–Kier alpha value is -1.43. The number of amides is 1. The van der Waals surface area contributed by atoms with Crippen LogP contribution >= 0.6 is 0 Å². The van der Waals surface area contributed by atoms with Gasteiger partial charge in [-0.15, -0.1) is 0 Å². The van der Waals surface area contributed by atoms with Gasteiger partial charge in [0.25, 0.3) is 0 Å². The summed E-state index contributed by atoms with van der Waals surface area (Å²) >= 11 is 0. The number of ether oxygens (including phenoxy) is 2. The van der Waals surface area contributed by atoms with Crippen LogP contribution in [0.15, 0.2) is 12.1 Å². The molecule has 1 N–H and O–H groups in total. The molecule has 148 valence electrons. The van der Waals surface area contributed by atoms with Gasteiger partial charge in [0.15, 0.2) is 0 Å². The predicted octanol–water partition coefficient (Wildman–Crippen LogP) is 2.57. The summed E-state index contributed by atoms with van der Waals surface area (Å²) in [7, 11) is 0. The van der Waals surface area contributed by atoms with Crippen LogP contribution in [-0.2, 0) is 32.6 Å². The van der Waals surface area contributed by atoms with Crippen molar-refractivity contribution in [2.75, 3.05) is 39.5 Å². The smallest absolute Gasteiger partial charge is 0.228 e. The molecule has 0 saturated carbocycles. The number of morpholine rings is 1. The van der Waals surface area contributed by atoms with Crippen molar-refractivity contribution in [2.45, 2.75) is 51.6 Å². The molecular formula is C22H32N2O3. The molecule has 1 amide bonds. The van der Waals surface area contributed by atoms with E-state index in [9.17, 15) is 4.79 Å². The number of fused-ring (bicyclic) bond motifs is 1. The first-order chi connectivity index (χ1) is 12.9. The third kappa shape index (κ3) is 3.91. The van der Waals surface area contributed by atoms with Crippen molar-refractivity contribution >= 4 is 5.91 Å². The molecular weight excluding hydrogens is 340 g/mol. The molecule has 2 atom stereocenters. The zero-order chi connectivity index (χ0) is 19.0. The summed E-state index contributed by atoms with van der Waals surface area (Å²) in [5, 5.41) is 3.62. The lowest BCUT2D eigenvalue weighted by atomic mass is 9.80. The van der Waals surface area contributed by atoms with Gasteiger partial charge >= 0.3 is 0 Å². The molecule has 2 fully saturated rings. The molecule has 0 spiro atoms. The van der Waals surface area contributed by atoms with Crippen LogP contribution in [0.1, 0.15) is 55.5 Å². The number of carbonyl (C=O) groups is 1. The van der Waals surface area contributed by atoms with E-state index in [1.807, 2.05) is 4.90 Å². The summed E-state index contributed by atoms with van der Waals surface area (Å²) in [6.45, 7) is 12.0. The van der Waals surface area contributed by atoms with E-state index in [4.69, 9.17) is 9.47 Å². The Morgan fingerprint density at radius 3 is 2.67 bits per heavy atom. The van der Waals surface area contributed by atoms with Crippen molar-refractivity contribution < 1.29 is 14.3 Å². The highest BCUT2D eigenvalue weighted by Crippen LogP contribution is 2.34. The standard InChI is InChI=1S/C22H32N2O3/c1-22(2,3)17-10-16-12-24(21(25)15-5-8-26-13-15)7-4-18(16)19(11-17)20-14-27-9-6-23-20/h10-11,15,20,23H,4-9,12-14H2,1-3H3/t15-,20-/m0/s1. The summed E-state index contributed by atoms with van der Waals surface area (Å²) in [5.41, 5.74) is 5.50. The number of carbonyl (C=O) groups excluding carboxylic acids is 1. The zero-order valence-electron chi connectivity index (χ0n) is 16.8. The van der Waals surface area contributed by atoms with Gasteiger partial charge in [0.05, 0.1) is 31.8 Å². The lowest BCUT2D eigenvalue weighted by Crippen LogP contribution is -2.41. The molecule has 1 aromatic carbocycles. The first kappa shape index (κ1) is 18.9. The van der Waals surface area contributed by atoms with E-state index in [1.165, 1.54) is 22.3 Å². The highest BCUT2D eigenvalue weighted by Gasteiger charge is 2.32. The van der Waals surface area contributed by atoms with Gasteiger partial charge in [-0.2, -0.15) is 0 Å². The van der Waals surface area contributed by atoms with E-state index in [1.54, 1.807) is 0 Å². The molecule has 0 aromatic heterocycles. The van der Waals surface area contributed by atoms with Crippen LogP contribution in [0.4, 0.5) is 0 Å². The fourth-order valence-corrected chi connectivity index (χ4v) is 4.42. The van der Waals surface area contributed by atoms with Crippen LogP contribution in [0.25, 0.3) is 0 Å². The Balaban J connectivity index is 1.65. The van der Waals surface area contributed by atoms with Crippen molar-refractivity contribution in [1.82, 2.24) is 10.2 Å².